The number of aromatic nitrogens is 2. The van der Waals surface area contributed by atoms with E-state index < -0.39 is 0 Å². The minimum Gasteiger partial charge on any atom is -0.334 e. The third-order valence-electron chi connectivity index (χ3n) is 5.92. The van der Waals surface area contributed by atoms with E-state index in [1.54, 1.807) is 0 Å². The molecule has 3 heterocycles. The van der Waals surface area contributed by atoms with Gasteiger partial charge in [0, 0.05) is 25.7 Å². The Labute approximate surface area is 150 Å². The van der Waals surface area contributed by atoms with Crippen LogP contribution in [0.15, 0.2) is 23.9 Å². The molecule has 4 rings (SSSR count). The number of amides is 1. The lowest BCUT2D eigenvalue weighted by molar-refractivity contribution is -0.132. The van der Waals surface area contributed by atoms with Gasteiger partial charge >= 0.3 is 0 Å². The number of carbonyl (C=O) groups excluding carboxylic acids is 1. The maximum absolute atomic E-state index is 12.9. The average Bonchev–Trinajstić information content (AvgIpc) is 3.12. The lowest BCUT2D eigenvalue weighted by Gasteiger charge is -2.37. The molecule has 0 N–H and O–H groups in total. The van der Waals surface area contributed by atoms with Gasteiger partial charge in [-0.15, -0.1) is 0 Å². The molecule has 136 valence electrons. The number of likely N-dealkylation sites (tertiary alicyclic amines) is 1. The Morgan fingerprint density at radius 2 is 2.04 bits per heavy atom. The van der Waals surface area contributed by atoms with Crippen molar-refractivity contribution in [2.75, 3.05) is 26.2 Å². The van der Waals surface area contributed by atoms with Crippen LogP contribution in [0.5, 0.6) is 0 Å². The van der Waals surface area contributed by atoms with Crippen LogP contribution in [-0.2, 0) is 11.3 Å². The second kappa shape index (κ2) is 7.73. The normalized spacial score (nSPS) is 24.7. The molecule has 25 heavy (non-hydrogen) atoms. The molecule has 0 aromatic carbocycles. The van der Waals surface area contributed by atoms with Crippen molar-refractivity contribution in [2.24, 2.45) is 0 Å². The summed E-state index contributed by atoms with van der Waals surface area (Å²) in [5.74, 6) is 0.296. The van der Waals surface area contributed by atoms with E-state index in [4.69, 9.17) is 0 Å². The van der Waals surface area contributed by atoms with Gasteiger partial charge in [-0.1, -0.05) is 18.1 Å². The number of carbonyl (C=O) groups is 1. The SMILES string of the molecule is O=C(CC1=CCCCC1)N1Cc2ccnn2C(CN2CCCCC2)C1. The highest BCUT2D eigenvalue weighted by Gasteiger charge is 2.30. The minimum absolute atomic E-state index is 0.293. The molecule has 3 aliphatic rings. The van der Waals surface area contributed by atoms with Gasteiger partial charge in [-0.05, 0) is 57.7 Å². The number of nitrogens with zero attached hydrogens (tertiary/aromatic N) is 4. The number of allylic oxidation sites excluding steroid dienone is 1. The first-order valence-corrected chi connectivity index (χ1v) is 10.00. The third-order valence-corrected chi connectivity index (χ3v) is 5.92. The number of piperidine rings is 1. The van der Waals surface area contributed by atoms with Crippen LogP contribution in [0.2, 0.25) is 0 Å². The Hall–Kier alpha value is -1.62. The summed E-state index contributed by atoms with van der Waals surface area (Å²) in [5.41, 5.74) is 2.53. The van der Waals surface area contributed by atoms with Gasteiger partial charge in [-0.3, -0.25) is 9.48 Å². The first-order valence-electron chi connectivity index (χ1n) is 10.00. The first kappa shape index (κ1) is 16.8. The Bertz CT molecular complexity index is 629. The summed E-state index contributed by atoms with van der Waals surface area (Å²) in [4.78, 5) is 17.5. The van der Waals surface area contributed by atoms with E-state index in [1.807, 2.05) is 6.20 Å². The fraction of sp³-hybridized carbons (Fsp3) is 0.700. The molecule has 1 aromatic heterocycles. The molecule has 1 atom stereocenters. The average molecular weight is 342 g/mol. The largest absolute Gasteiger partial charge is 0.334 e. The van der Waals surface area contributed by atoms with Crippen molar-refractivity contribution in [3.63, 3.8) is 0 Å². The summed E-state index contributed by atoms with van der Waals surface area (Å²) >= 11 is 0. The van der Waals surface area contributed by atoms with Crippen LogP contribution in [0.25, 0.3) is 0 Å². The van der Waals surface area contributed by atoms with Crippen LogP contribution in [0, 0.1) is 0 Å². The molecule has 1 amide bonds. The molecule has 5 heteroatoms. The summed E-state index contributed by atoms with van der Waals surface area (Å²) in [6.45, 7) is 4.91. The van der Waals surface area contributed by atoms with Crippen LogP contribution in [-0.4, -0.2) is 51.7 Å². The third kappa shape index (κ3) is 3.97. The molecule has 1 aromatic rings. The zero-order valence-corrected chi connectivity index (χ0v) is 15.2. The predicted octanol–water partition coefficient (Wildman–Crippen LogP) is 3.14. The van der Waals surface area contributed by atoms with Crippen molar-refractivity contribution in [3.8, 4) is 0 Å². The standard InChI is InChI=1S/C20H30N4O/c25-20(13-17-7-3-1-4-8-17)23-15-18-9-10-21-24(18)19(16-23)14-22-11-5-2-6-12-22/h7,9-10,19H,1-6,8,11-16H2. The van der Waals surface area contributed by atoms with Gasteiger partial charge in [0.05, 0.1) is 18.3 Å². The topological polar surface area (TPSA) is 41.4 Å². The summed E-state index contributed by atoms with van der Waals surface area (Å²) < 4.78 is 2.16. The quantitative estimate of drug-likeness (QED) is 0.790. The van der Waals surface area contributed by atoms with Gasteiger partial charge < -0.3 is 9.80 Å². The molecule has 1 aliphatic carbocycles. The molecule has 0 bridgehead atoms. The monoisotopic (exact) mass is 342 g/mol. The fourth-order valence-corrected chi connectivity index (χ4v) is 4.52. The summed E-state index contributed by atoms with van der Waals surface area (Å²) in [7, 11) is 0. The predicted molar refractivity (Wildman–Crippen MR) is 98.1 cm³/mol. The molecule has 1 unspecified atom stereocenters. The number of hydrogen-bond donors (Lipinski definition) is 0. The van der Waals surface area contributed by atoms with Crippen LogP contribution >= 0.6 is 0 Å². The molecular weight excluding hydrogens is 312 g/mol. The smallest absolute Gasteiger partial charge is 0.227 e. The van der Waals surface area contributed by atoms with Crippen LogP contribution < -0.4 is 0 Å². The minimum atomic E-state index is 0.293. The van der Waals surface area contributed by atoms with E-state index in [1.165, 1.54) is 56.5 Å². The highest BCUT2D eigenvalue weighted by molar-refractivity contribution is 5.79. The summed E-state index contributed by atoms with van der Waals surface area (Å²) in [6, 6.07) is 2.36. The number of hydrogen-bond acceptors (Lipinski definition) is 3. The molecule has 1 fully saturated rings. The van der Waals surface area contributed by atoms with E-state index in [0.717, 1.165) is 25.9 Å². The molecule has 5 nitrogen and oxygen atoms in total. The van der Waals surface area contributed by atoms with Crippen molar-refractivity contribution < 1.29 is 4.79 Å². The lowest BCUT2D eigenvalue weighted by atomic mass is 9.96. The number of rotatable bonds is 4. The fourth-order valence-electron chi connectivity index (χ4n) is 4.52. The van der Waals surface area contributed by atoms with Gasteiger partial charge in [0.1, 0.15) is 0 Å². The van der Waals surface area contributed by atoms with Crippen LogP contribution in [0.4, 0.5) is 0 Å². The van der Waals surface area contributed by atoms with Crippen molar-refractivity contribution >= 4 is 5.91 Å². The van der Waals surface area contributed by atoms with Crippen LogP contribution in [0.3, 0.4) is 0 Å². The van der Waals surface area contributed by atoms with Gasteiger partial charge in [0.2, 0.25) is 5.91 Å². The molecule has 1 saturated heterocycles. The zero-order valence-electron chi connectivity index (χ0n) is 15.2. The van der Waals surface area contributed by atoms with Gasteiger partial charge in [0.15, 0.2) is 0 Å². The van der Waals surface area contributed by atoms with Gasteiger partial charge in [-0.2, -0.15) is 5.10 Å². The van der Waals surface area contributed by atoms with Crippen molar-refractivity contribution in [2.45, 2.75) is 64.0 Å². The highest BCUT2D eigenvalue weighted by Crippen LogP contribution is 2.26. The Morgan fingerprint density at radius 1 is 1.16 bits per heavy atom. The highest BCUT2D eigenvalue weighted by atomic mass is 16.2. The van der Waals surface area contributed by atoms with E-state index in [-0.39, 0.29) is 0 Å². The van der Waals surface area contributed by atoms with Crippen molar-refractivity contribution in [3.05, 3.63) is 29.6 Å². The second-order valence-electron chi connectivity index (χ2n) is 7.84. The first-order chi connectivity index (χ1) is 12.3. The van der Waals surface area contributed by atoms with E-state index >= 15 is 0 Å². The van der Waals surface area contributed by atoms with E-state index in [2.05, 4.69) is 31.7 Å². The van der Waals surface area contributed by atoms with Gasteiger partial charge in [0.25, 0.3) is 0 Å². The Balaban J connectivity index is 1.43. The van der Waals surface area contributed by atoms with E-state index in [9.17, 15) is 4.79 Å². The van der Waals surface area contributed by atoms with Crippen molar-refractivity contribution in [1.82, 2.24) is 19.6 Å². The molecular formula is C20H30N4O. The second-order valence-corrected chi connectivity index (χ2v) is 7.84. The Kier molecular flexibility index (Phi) is 5.20. The van der Waals surface area contributed by atoms with Crippen molar-refractivity contribution in [1.29, 1.82) is 0 Å². The molecule has 0 radical (unpaired) electrons. The van der Waals surface area contributed by atoms with Gasteiger partial charge in [-0.25, -0.2) is 0 Å². The summed E-state index contributed by atoms with van der Waals surface area (Å²) in [5, 5.41) is 4.55. The number of fused-ring (bicyclic) bond motifs is 1. The molecule has 0 spiro atoms. The Morgan fingerprint density at radius 3 is 2.84 bits per heavy atom. The maximum atomic E-state index is 12.9. The zero-order chi connectivity index (χ0) is 17.1. The van der Waals surface area contributed by atoms with Crippen LogP contribution in [0.1, 0.15) is 63.1 Å². The lowest BCUT2D eigenvalue weighted by Crippen LogP contribution is -2.46. The van der Waals surface area contributed by atoms with E-state index in [0.29, 0.717) is 24.9 Å². The molecule has 2 aliphatic heterocycles. The molecule has 0 saturated carbocycles. The maximum Gasteiger partial charge on any atom is 0.227 e. The summed E-state index contributed by atoms with van der Waals surface area (Å²) in [6.07, 6.45) is 13.5.